The number of hydrogen-bond donors (Lipinski definition) is 1. The summed E-state index contributed by atoms with van der Waals surface area (Å²) in [5.74, 6) is 1.27. The molecule has 1 saturated carbocycles. The standard InChI is InChI=1S/C32H34FN3O5/c1-21-26-20-25(39-28-10-6-7-18-34-28)15-16-27(26)40-31(21)30(22-8-4-3-5-9-22)35-24-13-11-23(12-14-24)32(38)36(2)19-17-29(37)41-33/h6-7,10-16,18,20,22,30,35H,3-5,8-9,17,19H2,1-2H3. The van der Waals surface area contributed by atoms with Crippen molar-refractivity contribution in [2.24, 2.45) is 5.92 Å². The second-order valence-electron chi connectivity index (χ2n) is 10.5. The summed E-state index contributed by atoms with van der Waals surface area (Å²) in [5.41, 5.74) is 3.21. The van der Waals surface area contributed by atoms with E-state index in [9.17, 15) is 14.1 Å². The number of rotatable bonds is 10. The Labute approximate surface area is 238 Å². The van der Waals surface area contributed by atoms with Gasteiger partial charge in [0.15, 0.2) is 0 Å². The number of anilines is 1. The number of carbonyl (C=O) groups excluding carboxylic acids is 2. The lowest BCUT2D eigenvalue weighted by Gasteiger charge is -2.31. The zero-order valence-corrected chi connectivity index (χ0v) is 23.3. The van der Waals surface area contributed by atoms with Crippen molar-refractivity contribution in [2.75, 3.05) is 18.9 Å². The van der Waals surface area contributed by atoms with Crippen LogP contribution in [-0.2, 0) is 9.74 Å². The van der Waals surface area contributed by atoms with Crippen molar-refractivity contribution in [3.8, 4) is 11.6 Å². The predicted octanol–water partition coefficient (Wildman–Crippen LogP) is 7.55. The molecule has 1 unspecified atom stereocenters. The fourth-order valence-electron chi connectivity index (χ4n) is 5.48. The molecular formula is C32H34FN3O5. The van der Waals surface area contributed by atoms with Gasteiger partial charge in [-0.25, -0.2) is 9.78 Å². The van der Waals surface area contributed by atoms with E-state index in [0.29, 0.717) is 23.1 Å². The molecule has 0 aliphatic heterocycles. The monoisotopic (exact) mass is 559 g/mol. The lowest BCUT2D eigenvalue weighted by Crippen LogP contribution is -2.29. The van der Waals surface area contributed by atoms with E-state index in [2.05, 4.69) is 22.2 Å². The van der Waals surface area contributed by atoms with Crippen LogP contribution in [0.5, 0.6) is 11.6 Å². The van der Waals surface area contributed by atoms with Gasteiger partial charge in [-0.2, -0.15) is 0 Å². The third-order valence-corrected chi connectivity index (χ3v) is 7.75. The van der Waals surface area contributed by atoms with Crippen LogP contribution < -0.4 is 10.1 Å². The van der Waals surface area contributed by atoms with Gasteiger partial charge in [0.05, 0.1) is 12.5 Å². The van der Waals surface area contributed by atoms with Crippen LogP contribution in [0.3, 0.4) is 0 Å². The molecule has 8 nitrogen and oxygen atoms in total. The number of furan rings is 1. The zero-order valence-electron chi connectivity index (χ0n) is 23.3. The quantitative estimate of drug-likeness (QED) is 0.214. The molecule has 1 atom stereocenters. The highest BCUT2D eigenvalue weighted by molar-refractivity contribution is 5.94. The first-order valence-electron chi connectivity index (χ1n) is 14.0. The van der Waals surface area contributed by atoms with Crippen molar-refractivity contribution < 1.29 is 28.2 Å². The van der Waals surface area contributed by atoms with Gasteiger partial charge >= 0.3 is 5.97 Å². The molecule has 2 heterocycles. The Kier molecular flexibility index (Phi) is 8.82. The van der Waals surface area contributed by atoms with E-state index in [0.717, 1.165) is 40.8 Å². The van der Waals surface area contributed by atoms with E-state index >= 15 is 0 Å². The lowest BCUT2D eigenvalue weighted by atomic mass is 9.82. The second kappa shape index (κ2) is 12.8. The number of aromatic nitrogens is 1. The van der Waals surface area contributed by atoms with Crippen LogP contribution in [0.1, 0.15) is 66.2 Å². The molecule has 4 aromatic rings. The van der Waals surface area contributed by atoms with Crippen molar-refractivity contribution in [3.63, 3.8) is 0 Å². The Bertz CT molecular complexity index is 1480. The molecule has 1 fully saturated rings. The van der Waals surface area contributed by atoms with E-state index in [-0.39, 0.29) is 24.9 Å². The lowest BCUT2D eigenvalue weighted by molar-refractivity contribution is -0.183. The Balaban J connectivity index is 1.37. The van der Waals surface area contributed by atoms with Gasteiger partial charge < -0.3 is 19.4 Å². The summed E-state index contributed by atoms with van der Waals surface area (Å²) < 4.78 is 24.4. The number of carbonyl (C=O) groups is 2. The predicted molar refractivity (Wildman–Crippen MR) is 153 cm³/mol. The summed E-state index contributed by atoms with van der Waals surface area (Å²) in [5, 5.41) is 4.70. The van der Waals surface area contributed by atoms with Gasteiger partial charge in [-0.15, -0.1) is 0 Å². The number of fused-ring (bicyclic) bond motifs is 1. The summed E-state index contributed by atoms with van der Waals surface area (Å²) in [6, 6.07) is 18.6. The zero-order chi connectivity index (χ0) is 28.8. The van der Waals surface area contributed by atoms with E-state index in [4.69, 9.17) is 9.15 Å². The van der Waals surface area contributed by atoms with Crippen molar-refractivity contribution in [1.82, 2.24) is 9.88 Å². The highest BCUT2D eigenvalue weighted by atomic mass is 19.3. The summed E-state index contributed by atoms with van der Waals surface area (Å²) in [7, 11) is 1.57. The van der Waals surface area contributed by atoms with E-state index in [1.807, 2.05) is 48.5 Å². The van der Waals surface area contributed by atoms with E-state index < -0.39 is 5.97 Å². The van der Waals surface area contributed by atoms with Gasteiger partial charge in [0.25, 0.3) is 5.91 Å². The number of aryl methyl sites for hydroxylation is 1. The molecule has 2 aromatic carbocycles. The molecule has 2 aromatic heterocycles. The molecule has 1 aliphatic rings. The number of nitrogens with zero attached hydrogens (tertiary/aromatic N) is 2. The molecule has 9 heteroatoms. The maximum Gasteiger partial charge on any atom is 0.350 e. The average Bonchev–Trinajstić information content (AvgIpc) is 3.34. The van der Waals surface area contributed by atoms with Crippen molar-refractivity contribution in [3.05, 3.63) is 83.7 Å². The van der Waals surface area contributed by atoms with Crippen LogP contribution in [-0.4, -0.2) is 35.4 Å². The topological polar surface area (TPSA) is 93.9 Å². The number of halogens is 1. The van der Waals surface area contributed by atoms with Gasteiger partial charge in [0.2, 0.25) is 5.88 Å². The molecule has 5 rings (SSSR count). The summed E-state index contributed by atoms with van der Waals surface area (Å²) in [6.45, 7) is 2.14. The number of nitrogens with one attached hydrogen (secondary N) is 1. The number of amides is 1. The van der Waals surface area contributed by atoms with Crippen LogP contribution in [0.25, 0.3) is 11.0 Å². The Morgan fingerprint density at radius 3 is 2.59 bits per heavy atom. The minimum atomic E-state index is -1.00. The molecule has 0 bridgehead atoms. The molecule has 0 saturated heterocycles. The van der Waals surface area contributed by atoms with Gasteiger partial charge in [-0.1, -0.05) is 25.3 Å². The molecular weight excluding hydrogens is 525 g/mol. The first-order valence-corrected chi connectivity index (χ1v) is 14.0. The van der Waals surface area contributed by atoms with Crippen LogP contribution in [0.4, 0.5) is 10.2 Å². The van der Waals surface area contributed by atoms with Gasteiger partial charge in [-0.3, -0.25) is 9.74 Å². The molecule has 1 amide bonds. The maximum atomic E-state index is 12.8. The summed E-state index contributed by atoms with van der Waals surface area (Å²) >= 11 is 0. The first kappa shape index (κ1) is 28.1. The van der Waals surface area contributed by atoms with E-state index in [1.165, 1.54) is 24.2 Å². The Morgan fingerprint density at radius 1 is 1.10 bits per heavy atom. The number of pyridine rings is 1. The summed E-state index contributed by atoms with van der Waals surface area (Å²) in [4.78, 5) is 32.6. The van der Waals surface area contributed by atoms with Gasteiger partial charge in [-0.05, 0) is 74.2 Å². The highest BCUT2D eigenvalue weighted by Gasteiger charge is 2.30. The molecule has 0 radical (unpaired) electrons. The third-order valence-electron chi connectivity index (χ3n) is 7.75. The largest absolute Gasteiger partial charge is 0.459 e. The first-order chi connectivity index (χ1) is 19.9. The number of benzene rings is 2. The highest BCUT2D eigenvalue weighted by Crippen LogP contribution is 2.41. The molecule has 0 spiro atoms. The van der Waals surface area contributed by atoms with Crippen LogP contribution in [0.2, 0.25) is 0 Å². The maximum absolute atomic E-state index is 12.8. The van der Waals surface area contributed by atoms with Gasteiger partial charge in [0.1, 0.15) is 17.1 Å². The fourth-order valence-corrected chi connectivity index (χ4v) is 5.48. The molecule has 1 aliphatic carbocycles. The van der Waals surface area contributed by atoms with Crippen LogP contribution >= 0.6 is 0 Å². The smallest absolute Gasteiger partial charge is 0.350 e. The minimum Gasteiger partial charge on any atom is -0.459 e. The SMILES string of the molecule is Cc1c(C(Nc2ccc(C(=O)N(C)CCC(=O)OF)cc2)C2CCCCC2)oc2ccc(Oc3ccccn3)cc12. The fraction of sp³-hybridized carbons (Fsp3) is 0.344. The van der Waals surface area contributed by atoms with Gasteiger partial charge in [0, 0.05) is 52.6 Å². The van der Waals surface area contributed by atoms with E-state index in [1.54, 1.807) is 25.4 Å². The molecule has 214 valence electrons. The van der Waals surface area contributed by atoms with Crippen LogP contribution in [0, 0.1) is 12.8 Å². The minimum absolute atomic E-state index is 0.0428. The Hall–Kier alpha value is -4.40. The van der Waals surface area contributed by atoms with Crippen molar-refractivity contribution >= 4 is 28.5 Å². The normalized spacial score (nSPS) is 14.4. The van der Waals surface area contributed by atoms with Crippen molar-refractivity contribution in [2.45, 2.75) is 51.5 Å². The second-order valence-corrected chi connectivity index (χ2v) is 10.5. The molecule has 1 N–H and O–H groups in total. The third kappa shape index (κ3) is 6.67. The van der Waals surface area contributed by atoms with Crippen LogP contribution in [0.15, 0.2) is 71.3 Å². The molecule has 41 heavy (non-hydrogen) atoms. The average molecular weight is 560 g/mol. The summed E-state index contributed by atoms with van der Waals surface area (Å²) in [6.07, 6.45) is 7.29. The van der Waals surface area contributed by atoms with Crippen molar-refractivity contribution in [1.29, 1.82) is 0 Å². The number of hydrogen-bond acceptors (Lipinski definition) is 7. The number of ether oxygens (including phenoxy) is 1. The Morgan fingerprint density at radius 2 is 1.88 bits per heavy atom.